The molecule has 0 spiro atoms. The van der Waals surface area contributed by atoms with Crippen molar-refractivity contribution in [1.82, 2.24) is 15.5 Å². The van der Waals surface area contributed by atoms with Crippen LogP contribution in [-0.2, 0) is 11.3 Å². The fraction of sp³-hybridized carbons (Fsp3) is 0.136. The minimum Gasteiger partial charge on any atom is -0.481 e. The summed E-state index contributed by atoms with van der Waals surface area (Å²) in [7, 11) is 0. The molecule has 1 atom stereocenters. The number of nitrogens with one attached hydrogen (secondary N) is 1. The molecular weight excluding hydrogens is 390 g/mol. The summed E-state index contributed by atoms with van der Waals surface area (Å²) in [4.78, 5) is 16.6. The molecule has 0 saturated heterocycles. The number of aromatic nitrogens is 2. The Labute approximate surface area is 172 Å². The molecule has 1 amide bonds. The van der Waals surface area contributed by atoms with E-state index in [2.05, 4.69) is 15.5 Å². The van der Waals surface area contributed by atoms with Crippen LogP contribution in [0.2, 0.25) is 5.02 Å². The fourth-order valence-corrected chi connectivity index (χ4v) is 2.97. The van der Waals surface area contributed by atoms with E-state index in [1.165, 1.54) is 0 Å². The lowest BCUT2D eigenvalue weighted by atomic mass is 10.1. The van der Waals surface area contributed by atoms with Gasteiger partial charge in [-0.15, -0.1) is 0 Å². The van der Waals surface area contributed by atoms with Crippen LogP contribution in [0.1, 0.15) is 12.8 Å². The summed E-state index contributed by atoms with van der Waals surface area (Å²) in [5.74, 6) is 1.10. The molecule has 0 aliphatic rings. The predicted octanol–water partition coefficient (Wildman–Crippen LogP) is 4.63. The van der Waals surface area contributed by atoms with Gasteiger partial charge in [-0.2, -0.15) is 4.98 Å². The van der Waals surface area contributed by atoms with Gasteiger partial charge in [0.05, 0.1) is 6.54 Å². The van der Waals surface area contributed by atoms with Crippen molar-refractivity contribution < 1.29 is 14.1 Å². The Morgan fingerprint density at radius 2 is 1.86 bits per heavy atom. The molecular formula is C22H18ClN3O3. The monoisotopic (exact) mass is 407 g/mol. The first-order chi connectivity index (χ1) is 14.1. The highest BCUT2D eigenvalue weighted by Crippen LogP contribution is 2.22. The molecule has 0 aliphatic carbocycles. The van der Waals surface area contributed by atoms with Gasteiger partial charge in [-0.1, -0.05) is 47.1 Å². The van der Waals surface area contributed by atoms with Crippen LogP contribution in [0, 0.1) is 0 Å². The number of hydrogen-bond donors (Lipinski definition) is 1. The van der Waals surface area contributed by atoms with E-state index >= 15 is 0 Å². The first-order valence-electron chi connectivity index (χ1n) is 9.10. The smallest absolute Gasteiger partial charge is 0.261 e. The predicted molar refractivity (Wildman–Crippen MR) is 111 cm³/mol. The SMILES string of the molecule is C[C@@H](Oc1ccc2ccccc2c1)C(=O)NCc1nc(-c2ccc(Cl)cc2)no1. The van der Waals surface area contributed by atoms with E-state index in [0.717, 1.165) is 16.3 Å². The van der Waals surface area contributed by atoms with E-state index in [9.17, 15) is 4.79 Å². The third-order valence-corrected chi connectivity index (χ3v) is 4.64. The first-order valence-corrected chi connectivity index (χ1v) is 9.48. The standard InChI is InChI=1S/C22H18ClN3O3/c1-14(28-19-11-8-15-4-2-3-5-17(15)12-19)22(27)24-13-20-25-21(26-29-20)16-6-9-18(23)10-7-16/h2-12,14H,13H2,1H3,(H,24,27)/t14-/m1/s1. The van der Waals surface area contributed by atoms with Crippen LogP contribution in [0.3, 0.4) is 0 Å². The molecule has 6 nitrogen and oxygen atoms in total. The molecule has 0 fully saturated rings. The second kappa shape index (κ2) is 8.32. The topological polar surface area (TPSA) is 77.2 Å². The zero-order valence-corrected chi connectivity index (χ0v) is 16.4. The summed E-state index contributed by atoms with van der Waals surface area (Å²) in [6.07, 6.45) is -0.671. The summed E-state index contributed by atoms with van der Waals surface area (Å²) in [6.45, 7) is 1.81. The molecule has 1 heterocycles. The minimum atomic E-state index is -0.671. The number of halogens is 1. The van der Waals surface area contributed by atoms with Gasteiger partial charge in [0, 0.05) is 10.6 Å². The number of benzene rings is 3. The van der Waals surface area contributed by atoms with Crippen LogP contribution in [0.4, 0.5) is 0 Å². The summed E-state index contributed by atoms with van der Waals surface area (Å²) >= 11 is 5.88. The summed E-state index contributed by atoms with van der Waals surface area (Å²) in [5, 5.41) is 9.47. The molecule has 146 valence electrons. The first kappa shape index (κ1) is 19.0. The molecule has 1 aromatic heterocycles. The van der Waals surface area contributed by atoms with Crippen LogP contribution in [0.5, 0.6) is 5.75 Å². The van der Waals surface area contributed by atoms with Crippen molar-refractivity contribution in [3.8, 4) is 17.1 Å². The quantitative estimate of drug-likeness (QED) is 0.504. The van der Waals surface area contributed by atoms with Crippen molar-refractivity contribution in [1.29, 1.82) is 0 Å². The third kappa shape index (κ3) is 4.55. The van der Waals surface area contributed by atoms with Crippen LogP contribution in [-0.4, -0.2) is 22.2 Å². The Kier molecular flexibility index (Phi) is 5.44. The number of carbonyl (C=O) groups is 1. The zero-order chi connectivity index (χ0) is 20.2. The number of ether oxygens (including phenoxy) is 1. The third-order valence-electron chi connectivity index (χ3n) is 4.39. The van der Waals surface area contributed by atoms with Crippen LogP contribution < -0.4 is 10.1 Å². The summed E-state index contributed by atoms with van der Waals surface area (Å²) in [6, 6.07) is 20.8. The fourth-order valence-electron chi connectivity index (χ4n) is 2.85. The molecule has 7 heteroatoms. The van der Waals surface area contributed by atoms with E-state index < -0.39 is 6.10 Å². The molecule has 3 aromatic carbocycles. The van der Waals surface area contributed by atoms with E-state index in [-0.39, 0.29) is 12.5 Å². The average Bonchev–Trinajstić information content (AvgIpc) is 3.21. The highest BCUT2D eigenvalue weighted by molar-refractivity contribution is 6.30. The van der Waals surface area contributed by atoms with E-state index in [1.54, 1.807) is 31.2 Å². The molecule has 0 saturated carbocycles. The van der Waals surface area contributed by atoms with E-state index in [4.69, 9.17) is 20.9 Å². The largest absolute Gasteiger partial charge is 0.481 e. The number of amides is 1. The highest BCUT2D eigenvalue weighted by Gasteiger charge is 2.16. The van der Waals surface area contributed by atoms with E-state index in [1.807, 2.05) is 42.5 Å². The van der Waals surface area contributed by atoms with Crippen molar-refractivity contribution in [3.05, 3.63) is 77.6 Å². The number of carbonyl (C=O) groups excluding carboxylic acids is 1. The minimum absolute atomic E-state index is 0.116. The molecule has 4 aromatic rings. The maximum absolute atomic E-state index is 12.4. The normalized spacial score (nSPS) is 11.9. The number of rotatable bonds is 6. The molecule has 1 N–H and O–H groups in total. The Balaban J connectivity index is 1.34. The maximum Gasteiger partial charge on any atom is 0.261 e. The average molecular weight is 408 g/mol. The Hall–Kier alpha value is -3.38. The van der Waals surface area contributed by atoms with Gasteiger partial charge in [-0.25, -0.2) is 0 Å². The number of nitrogens with zero attached hydrogens (tertiary/aromatic N) is 2. The van der Waals surface area contributed by atoms with Gasteiger partial charge in [0.1, 0.15) is 5.75 Å². The second-order valence-electron chi connectivity index (χ2n) is 6.51. The Morgan fingerprint density at radius 1 is 1.10 bits per heavy atom. The Bertz CT molecular complexity index is 1140. The van der Waals surface area contributed by atoms with Crippen molar-refractivity contribution in [2.24, 2.45) is 0 Å². The van der Waals surface area contributed by atoms with Gasteiger partial charge >= 0.3 is 0 Å². The molecule has 0 radical (unpaired) electrons. The lowest BCUT2D eigenvalue weighted by molar-refractivity contribution is -0.127. The molecule has 0 unspecified atom stereocenters. The van der Waals surface area contributed by atoms with Gasteiger partial charge < -0.3 is 14.6 Å². The summed E-state index contributed by atoms with van der Waals surface area (Å²) < 4.78 is 11.0. The van der Waals surface area contributed by atoms with Crippen molar-refractivity contribution >= 4 is 28.3 Å². The summed E-state index contributed by atoms with van der Waals surface area (Å²) in [5.41, 5.74) is 0.781. The maximum atomic E-state index is 12.4. The lowest BCUT2D eigenvalue weighted by Gasteiger charge is -2.14. The number of fused-ring (bicyclic) bond motifs is 1. The van der Waals surface area contributed by atoms with Gasteiger partial charge in [0.2, 0.25) is 11.7 Å². The van der Waals surface area contributed by atoms with Crippen LogP contribution >= 0.6 is 11.6 Å². The van der Waals surface area contributed by atoms with Crippen molar-refractivity contribution in [2.75, 3.05) is 0 Å². The van der Waals surface area contributed by atoms with Crippen LogP contribution in [0.15, 0.2) is 71.3 Å². The second-order valence-corrected chi connectivity index (χ2v) is 6.94. The molecule has 4 rings (SSSR count). The van der Waals surface area contributed by atoms with Gasteiger partial charge in [0.25, 0.3) is 5.91 Å². The molecule has 0 bridgehead atoms. The lowest BCUT2D eigenvalue weighted by Crippen LogP contribution is -2.35. The molecule has 0 aliphatic heterocycles. The molecule has 29 heavy (non-hydrogen) atoms. The van der Waals surface area contributed by atoms with E-state index in [0.29, 0.717) is 22.5 Å². The van der Waals surface area contributed by atoms with Gasteiger partial charge in [-0.05, 0) is 54.1 Å². The van der Waals surface area contributed by atoms with Gasteiger partial charge in [-0.3, -0.25) is 4.79 Å². The number of hydrogen-bond acceptors (Lipinski definition) is 5. The highest BCUT2D eigenvalue weighted by atomic mass is 35.5. The van der Waals surface area contributed by atoms with Gasteiger partial charge in [0.15, 0.2) is 6.10 Å². The van der Waals surface area contributed by atoms with Crippen molar-refractivity contribution in [2.45, 2.75) is 19.6 Å². The van der Waals surface area contributed by atoms with Crippen LogP contribution in [0.25, 0.3) is 22.2 Å². The Morgan fingerprint density at radius 3 is 2.66 bits per heavy atom. The van der Waals surface area contributed by atoms with Crippen molar-refractivity contribution in [3.63, 3.8) is 0 Å². The zero-order valence-electron chi connectivity index (χ0n) is 15.6.